The summed E-state index contributed by atoms with van der Waals surface area (Å²) in [7, 11) is 1.50. The predicted octanol–water partition coefficient (Wildman–Crippen LogP) is 3.55. The first-order valence-electron chi connectivity index (χ1n) is 5.46. The maximum Gasteiger partial charge on any atom is 0.411 e. The Morgan fingerprint density at radius 1 is 1.16 bits per heavy atom. The largest absolute Gasteiger partial charge is 0.493 e. The number of alkyl halides is 4. The Kier molecular flexibility index (Phi) is 6.44. The van der Waals surface area contributed by atoms with Crippen LogP contribution in [0.15, 0.2) is 18.2 Å². The molecule has 0 bridgehead atoms. The summed E-state index contributed by atoms with van der Waals surface area (Å²) in [5.74, 6) is 1.01. The smallest absolute Gasteiger partial charge is 0.411 e. The summed E-state index contributed by atoms with van der Waals surface area (Å²) in [6.07, 6.45) is -4.31. The molecule has 0 saturated carbocycles. The third-order valence-corrected chi connectivity index (χ3v) is 2.78. The molecular weight excluding hydrogens is 329 g/mol. The van der Waals surface area contributed by atoms with E-state index >= 15 is 0 Å². The second-order valence-corrected chi connectivity index (χ2v) is 4.20. The molecule has 0 aliphatic heterocycles. The third kappa shape index (κ3) is 6.15. The van der Waals surface area contributed by atoms with Gasteiger partial charge in [-0.25, -0.2) is 0 Å². The van der Waals surface area contributed by atoms with E-state index in [4.69, 9.17) is 9.47 Å². The van der Waals surface area contributed by atoms with Crippen molar-refractivity contribution < 1.29 is 27.4 Å². The van der Waals surface area contributed by atoms with E-state index in [1.54, 1.807) is 12.1 Å². The van der Waals surface area contributed by atoms with Crippen molar-refractivity contribution in [2.24, 2.45) is 0 Å². The lowest BCUT2D eigenvalue weighted by atomic mass is 10.2. The van der Waals surface area contributed by atoms with Crippen molar-refractivity contribution >= 4 is 15.9 Å². The molecule has 1 rings (SSSR count). The lowest BCUT2D eigenvalue weighted by molar-refractivity contribution is -0.175. The standard InChI is InChI=1S/C12H14BrF3O3/c1-17-10-3-2-9(7-13)6-11(10)19-5-4-18-8-12(14,15)16/h2-3,6H,4-5,7-8H2,1H3. The highest BCUT2D eigenvalue weighted by Gasteiger charge is 2.27. The van der Waals surface area contributed by atoms with Crippen LogP contribution in [-0.2, 0) is 10.1 Å². The first kappa shape index (κ1) is 16.1. The Balaban J connectivity index is 2.43. The summed E-state index contributed by atoms with van der Waals surface area (Å²) >= 11 is 3.31. The molecule has 19 heavy (non-hydrogen) atoms. The fraction of sp³-hybridized carbons (Fsp3) is 0.500. The number of rotatable bonds is 7. The molecular formula is C12H14BrF3O3. The molecule has 108 valence electrons. The van der Waals surface area contributed by atoms with Crippen molar-refractivity contribution in [1.29, 1.82) is 0 Å². The average molecular weight is 343 g/mol. The van der Waals surface area contributed by atoms with Crippen molar-refractivity contribution in [3.05, 3.63) is 23.8 Å². The second kappa shape index (κ2) is 7.59. The number of benzene rings is 1. The molecule has 0 saturated heterocycles. The van der Waals surface area contributed by atoms with Gasteiger partial charge in [-0.15, -0.1) is 0 Å². The minimum atomic E-state index is -4.31. The van der Waals surface area contributed by atoms with Crippen LogP contribution in [0.5, 0.6) is 11.5 Å². The monoisotopic (exact) mass is 342 g/mol. The Hall–Kier alpha value is -0.950. The number of ether oxygens (including phenoxy) is 3. The van der Waals surface area contributed by atoms with Gasteiger partial charge in [-0.2, -0.15) is 13.2 Å². The zero-order valence-electron chi connectivity index (χ0n) is 10.3. The van der Waals surface area contributed by atoms with E-state index in [-0.39, 0.29) is 13.2 Å². The minimum Gasteiger partial charge on any atom is -0.493 e. The zero-order valence-corrected chi connectivity index (χ0v) is 11.9. The van der Waals surface area contributed by atoms with Crippen LogP contribution in [0.1, 0.15) is 5.56 Å². The molecule has 0 unspecified atom stereocenters. The maximum atomic E-state index is 11.8. The molecule has 0 heterocycles. The molecule has 0 aliphatic carbocycles. The summed E-state index contributed by atoms with van der Waals surface area (Å²) in [6.45, 7) is -1.38. The van der Waals surface area contributed by atoms with E-state index in [0.29, 0.717) is 16.8 Å². The molecule has 0 aromatic heterocycles. The van der Waals surface area contributed by atoms with Crippen molar-refractivity contribution in [3.8, 4) is 11.5 Å². The Labute approximate surface area is 117 Å². The third-order valence-electron chi connectivity index (χ3n) is 2.13. The van der Waals surface area contributed by atoms with E-state index < -0.39 is 12.8 Å². The molecule has 0 amide bonds. The Bertz CT molecular complexity index is 396. The lowest BCUT2D eigenvalue weighted by Gasteiger charge is -2.12. The van der Waals surface area contributed by atoms with Gasteiger partial charge in [0.2, 0.25) is 0 Å². The Morgan fingerprint density at radius 2 is 1.89 bits per heavy atom. The number of hydrogen-bond donors (Lipinski definition) is 0. The molecule has 1 aromatic carbocycles. The van der Waals surface area contributed by atoms with Crippen molar-refractivity contribution in [2.45, 2.75) is 11.5 Å². The van der Waals surface area contributed by atoms with Crippen LogP contribution in [0, 0.1) is 0 Å². The van der Waals surface area contributed by atoms with Gasteiger partial charge in [-0.05, 0) is 17.7 Å². The van der Waals surface area contributed by atoms with E-state index in [2.05, 4.69) is 20.7 Å². The van der Waals surface area contributed by atoms with Gasteiger partial charge in [0.25, 0.3) is 0 Å². The number of methoxy groups -OCH3 is 1. The van der Waals surface area contributed by atoms with E-state index in [9.17, 15) is 13.2 Å². The van der Waals surface area contributed by atoms with E-state index in [1.807, 2.05) is 6.07 Å². The van der Waals surface area contributed by atoms with Crippen LogP contribution in [0.2, 0.25) is 0 Å². The van der Waals surface area contributed by atoms with Gasteiger partial charge in [0, 0.05) is 5.33 Å². The maximum absolute atomic E-state index is 11.8. The van der Waals surface area contributed by atoms with Crippen LogP contribution in [0.3, 0.4) is 0 Å². The van der Waals surface area contributed by atoms with Crippen molar-refractivity contribution in [3.63, 3.8) is 0 Å². The minimum absolute atomic E-state index is 0.0260. The SMILES string of the molecule is COc1ccc(CBr)cc1OCCOCC(F)(F)F. The molecule has 0 atom stereocenters. The van der Waals surface area contributed by atoms with Crippen LogP contribution < -0.4 is 9.47 Å². The average Bonchev–Trinajstić information content (AvgIpc) is 2.36. The van der Waals surface area contributed by atoms with Crippen LogP contribution in [-0.4, -0.2) is 33.1 Å². The molecule has 0 aliphatic rings. The van der Waals surface area contributed by atoms with Crippen LogP contribution in [0.25, 0.3) is 0 Å². The highest BCUT2D eigenvalue weighted by molar-refractivity contribution is 9.08. The molecule has 0 spiro atoms. The fourth-order valence-corrected chi connectivity index (χ4v) is 1.66. The first-order chi connectivity index (χ1) is 8.96. The summed E-state index contributed by atoms with van der Waals surface area (Å²) in [4.78, 5) is 0. The summed E-state index contributed by atoms with van der Waals surface area (Å²) in [6, 6.07) is 5.36. The van der Waals surface area contributed by atoms with E-state index in [1.165, 1.54) is 7.11 Å². The summed E-state index contributed by atoms with van der Waals surface area (Å²) in [5.41, 5.74) is 0.979. The van der Waals surface area contributed by atoms with Crippen LogP contribution in [0.4, 0.5) is 13.2 Å². The van der Waals surface area contributed by atoms with Crippen molar-refractivity contribution in [2.75, 3.05) is 26.9 Å². The zero-order chi connectivity index (χ0) is 14.3. The number of halogens is 4. The topological polar surface area (TPSA) is 27.7 Å². The van der Waals surface area contributed by atoms with Gasteiger partial charge < -0.3 is 14.2 Å². The van der Waals surface area contributed by atoms with Crippen molar-refractivity contribution in [1.82, 2.24) is 0 Å². The molecule has 0 fully saturated rings. The first-order valence-corrected chi connectivity index (χ1v) is 6.58. The highest BCUT2D eigenvalue weighted by Crippen LogP contribution is 2.28. The molecule has 0 radical (unpaired) electrons. The van der Waals surface area contributed by atoms with Gasteiger partial charge in [-0.3, -0.25) is 0 Å². The normalized spacial score (nSPS) is 11.4. The predicted molar refractivity (Wildman–Crippen MR) is 68.0 cm³/mol. The molecule has 0 N–H and O–H groups in total. The quantitative estimate of drug-likeness (QED) is 0.560. The van der Waals surface area contributed by atoms with Gasteiger partial charge in [-0.1, -0.05) is 22.0 Å². The fourth-order valence-electron chi connectivity index (χ4n) is 1.32. The Morgan fingerprint density at radius 3 is 2.47 bits per heavy atom. The highest BCUT2D eigenvalue weighted by atomic mass is 79.9. The van der Waals surface area contributed by atoms with Gasteiger partial charge in [0.15, 0.2) is 11.5 Å². The summed E-state index contributed by atoms with van der Waals surface area (Å²) in [5, 5.41) is 0.651. The van der Waals surface area contributed by atoms with Crippen LogP contribution >= 0.6 is 15.9 Å². The molecule has 3 nitrogen and oxygen atoms in total. The molecule has 7 heteroatoms. The van der Waals surface area contributed by atoms with Gasteiger partial charge in [0.05, 0.1) is 13.7 Å². The van der Waals surface area contributed by atoms with Gasteiger partial charge >= 0.3 is 6.18 Å². The lowest BCUT2D eigenvalue weighted by Crippen LogP contribution is -2.19. The number of hydrogen-bond acceptors (Lipinski definition) is 3. The molecule has 1 aromatic rings. The second-order valence-electron chi connectivity index (χ2n) is 3.64. The summed E-state index contributed by atoms with van der Waals surface area (Å²) < 4.78 is 50.4. The van der Waals surface area contributed by atoms with E-state index in [0.717, 1.165) is 5.56 Å². The van der Waals surface area contributed by atoms with Gasteiger partial charge in [0.1, 0.15) is 13.2 Å².